The fourth-order valence-electron chi connectivity index (χ4n) is 1.48. The molecule has 0 saturated carbocycles. The molecule has 1 aliphatic rings. The summed E-state index contributed by atoms with van der Waals surface area (Å²) < 4.78 is 0. The Morgan fingerprint density at radius 1 is 1.50 bits per heavy atom. The van der Waals surface area contributed by atoms with Crippen LogP contribution in [0.15, 0.2) is 12.2 Å². The lowest BCUT2D eigenvalue weighted by Gasteiger charge is -2.16. The zero-order chi connectivity index (χ0) is 7.40. The molecule has 0 spiro atoms. The van der Waals surface area contributed by atoms with E-state index in [-0.39, 0.29) is 0 Å². The molecule has 0 aromatic heterocycles. The zero-order valence-corrected chi connectivity index (χ0v) is 6.72. The molecular formula is C9H17N. The van der Waals surface area contributed by atoms with Crippen LogP contribution in [0.5, 0.6) is 0 Å². The average Bonchev–Trinajstić information content (AvgIpc) is 2.12. The Morgan fingerprint density at radius 3 is 3.00 bits per heavy atom. The molecule has 0 aromatic carbocycles. The van der Waals surface area contributed by atoms with Crippen molar-refractivity contribution in [3.8, 4) is 0 Å². The van der Waals surface area contributed by atoms with Gasteiger partial charge in [-0.2, -0.15) is 0 Å². The first-order valence-corrected chi connectivity index (χ1v) is 4.21. The van der Waals surface area contributed by atoms with Gasteiger partial charge >= 0.3 is 0 Å². The van der Waals surface area contributed by atoms with Crippen LogP contribution in [-0.2, 0) is 0 Å². The van der Waals surface area contributed by atoms with Crippen LogP contribution in [0.1, 0.15) is 32.6 Å². The molecule has 0 amide bonds. The van der Waals surface area contributed by atoms with E-state index in [4.69, 9.17) is 5.73 Å². The van der Waals surface area contributed by atoms with Gasteiger partial charge in [0.05, 0.1) is 0 Å². The van der Waals surface area contributed by atoms with Gasteiger partial charge in [0.2, 0.25) is 0 Å². The van der Waals surface area contributed by atoms with Gasteiger partial charge in [0.1, 0.15) is 0 Å². The third-order valence-electron chi connectivity index (χ3n) is 2.29. The molecule has 1 rings (SSSR count). The predicted molar refractivity (Wildman–Crippen MR) is 44.7 cm³/mol. The molecule has 58 valence electrons. The van der Waals surface area contributed by atoms with Crippen LogP contribution < -0.4 is 5.73 Å². The first-order chi connectivity index (χ1) is 4.80. The van der Waals surface area contributed by atoms with Crippen molar-refractivity contribution in [1.82, 2.24) is 0 Å². The number of rotatable bonds is 1. The lowest BCUT2D eigenvalue weighted by Crippen LogP contribution is -2.25. The summed E-state index contributed by atoms with van der Waals surface area (Å²) in [7, 11) is 0. The van der Waals surface area contributed by atoms with E-state index in [0.717, 1.165) is 5.92 Å². The zero-order valence-electron chi connectivity index (χ0n) is 6.72. The summed E-state index contributed by atoms with van der Waals surface area (Å²) >= 11 is 0. The maximum Gasteiger partial charge on any atom is 0.00417 e. The molecule has 0 aromatic rings. The molecule has 0 radical (unpaired) electrons. The van der Waals surface area contributed by atoms with Crippen LogP contribution in [0, 0.1) is 5.92 Å². The Balaban J connectivity index is 2.37. The van der Waals surface area contributed by atoms with Crippen molar-refractivity contribution in [2.24, 2.45) is 11.7 Å². The molecule has 0 fully saturated rings. The van der Waals surface area contributed by atoms with Crippen molar-refractivity contribution in [2.75, 3.05) is 0 Å². The van der Waals surface area contributed by atoms with E-state index in [1.807, 2.05) is 0 Å². The molecule has 1 nitrogen and oxygen atoms in total. The van der Waals surface area contributed by atoms with Gasteiger partial charge in [0.15, 0.2) is 0 Å². The van der Waals surface area contributed by atoms with Crippen molar-refractivity contribution < 1.29 is 0 Å². The lowest BCUT2D eigenvalue weighted by molar-refractivity contribution is 0.415. The third-order valence-corrected chi connectivity index (χ3v) is 2.29. The van der Waals surface area contributed by atoms with Gasteiger partial charge in [-0.15, -0.1) is 0 Å². The highest BCUT2D eigenvalue weighted by molar-refractivity contribution is 4.89. The van der Waals surface area contributed by atoms with Gasteiger partial charge in [-0.05, 0) is 38.5 Å². The van der Waals surface area contributed by atoms with Crippen molar-refractivity contribution in [3.63, 3.8) is 0 Å². The summed E-state index contributed by atoms with van der Waals surface area (Å²) in [6, 6.07) is 0.378. The molecule has 0 aliphatic heterocycles. The fraction of sp³-hybridized carbons (Fsp3) is 0.778. The highest BCUT2D eigenvalue weighted by Crippen LogP contribution is 2.19. The normalized spacial score (nSPS) is 29.6. The fourth-order valence-corrected chi connectivity index (χ4v) is 1.48. The van der Waals surface area contributed by atoms with E-state index < -0.39 is 0 Å². The highest BCUT2D eigenvalue weighted by Gasteiger charge is 2.12. The quantitative estimate of drug-likeness (QED) is 0.553. The second kappa shape index (κ2) is 3.77. The van der Waals surface area contributed by atoms with Crippen LogP contribution in [-0.4, -0.2) is 6.04 Å². The summed E-state index contributed by atoms with van der Waals surface area (Å²) in [6.07, 6.45) is 9.64. The molecular weight excluding hydrogens is 122 g/mol. The number of nitrogens with two attached hydrogens (primary N) is 1. The minimum Gasteiger partial charge on any atom is -0.328 e. The van der Waals surface area contributed by atoms with Gasteiger partial charge in [0.25, 0.3) is 0 Å². The van der Waals surface area contributed by atoms with Crippen LogP contribution in [0.4, 0.5) is 0 Å². The molecule has 0 heterocycles. The second-order valence-corrected chi connectivity index (χ2v) is 3.26. The Labute approximate surface area is 63.3 Å². The molecule has 2 N–H and O–H groups in total. The topological polar surface area (TPSA) is 26.0 Å². The Morgan fingerprint density at radius 2 is 2.30 bits per heavy atom. The summed E-state index contributed by atoms with van der Waals surface area (Å²) in [5.74, 6) is 0.735. The molecule has 0 bridgehead atoms. The Bertz CT molecular complexity index is 116. The minimum atomic E-state index is 0.378. The van der Waals surface area contributed by atoms with Gasteiger partial charge in [-0.3, -0.25) is 0 Å². The van der Waals surface area contributed by atoms with E-state index in [2.05, 4.69) is 19.1 Å². The standard InChI is InChI=1S/C9H17N/c1-8(10)9-6-4-2-3-5-7-9/h2,4,8-9H,3,5-7,10H2,1H3. The van der Waals surface area contributed by atoms with E-state index >= 15 is 0 Å². The van der Waals surface area contributed by atoms with Crippen molar-refractivity contribution in [3.05, 3.63) is 12.2 Å². The maximum atomic E-state index is 5.80. The minimum absolute atomic E-state index is 0.378. The Kier molecular flexibility index (Phi) is 2.94. The smallest absolute Gasteiger partial charge is 0.00417 e. The largest absolute Gasteiger partial charge is 0.328 e. The van der Waals surface area contributed by atoms with Crippen LogP contribution in [0.25, 0.3) is 0 Å². The number of hydrogen-bond acceptors (Lipinski definition) is 1. The van der Waals surface area contributed by atoms with Crippen LogP contribution in [0.3, 0.4) is 0 Å². The third kappa shape index (κ3) is 2.14. The summed E-state index contributed by atoms with van der Waals surface area (Å²) in [6.45, 7) is 2.11. The lowest BCUT2D eigenvalue weighted by atomic mass is 9.94. The molecule has 0 saturated heterocycles. The van der Waals surface area contributed by atoms with Crippen molar-refractivity contribution in [1.29, 1.82) is 0 Å². The van der Waals surface area contributed by atoms with Gasteiger partial charge in [0, 0.05) is 6.04 Å². The maximum absolute atomic E-state index is 5.80. The molecule has 1 aliphatic carbocycles. The van der Waals surface area contributed by atoms with E-state index in [1.54, 1.807) is 0 Å². The van der Waals surface area contributed by atoms with Crippen molar-refractivity contribution >= 4 is 0 Å². The van der Waals surface area contributed by atoms with Crippen LogP contribution >= 0.6 is 0 Å². The molecule has 2 unspecified atom stereocenters. The SMILES string of the molecule is CC(N)C1CC=CCCC1. The first kappa shape index (κ1) is 7.80. The average molecular weight is 139 g/mol. The van der Waals surface area contributed by atoms with Crippen LogP contribution in [0.2, 0.25) is 0 Å². The summed E-state index contributed by atoms with van der Waals surface area (Å²) in [5, 5.41) is 0. The monoisotopic (exact) mass is 139 g/mol. The molecule has 10 heavy (non-hydrogen) atoms. The van der Waals surface area contributed by atoms with Gasteiger partial charge in [-0.1, -0.05) is 12.2 Å². The number of hydrogen-bond donors (Lipinski definition) is 1. The van der Waals surface area contributed by atoms with Crippen molar-refractivity contribution in [2.45, 2.75) is 38.6 Å². The summed E-state index contributed by atoms with van der Waals surface area (Å²) in [4.78, 5) is 0. The van der Waals surface area contributed by atoms with E-state index in [1.165, 1.54) is 25.7 Å². The Hall–Kier alpha value is -0.300. The first-order valence-electron chi connectivity index (χ1n) is 4.21. The van der Waals surface area contributed by atoms with E-state index in [9.17, 15) is 0 Å². The second-order valence-electron chi connectivity index (χ2n) is 3.26. The highest BCUT2D eigenvalue weighted by atomic mass is 14.6. The van der Waals surface area contributed by atoms with E-state index in [0.29, 0.717) is 6.04 Å². The number of allylic oxidation sites excluding steroid dienone is 2. The van der Waals surface area contributed by atoms with Gasteiger partial charge < -0.3 is 5.73 Å². The molecule has 2 atom stereocenters. The summed E-state index contributed by atoms with van der Waals surface area (Å²) in [5.41, 5.74) is 5.80. The predicted octanol–water partition coefficient (Wildman–Crippen LogP) is 2.08. The molecule has 1 heteroatoms. The van der Waals surface area contributed by atoms with Gasteiger partial charge in [-0.25, -0.2) is 0 Å².